The molecule has 0 saturated carbocycles. The highest BCUT2D eigenvalue weighted by molar-refractivity contribution is 6.01. The number of anilines is 1. The molecule has 1 amide bonds. The monoisotopic (exact) mass is 272 g/mol. The summed E-state index contributed by atoms with van der Waals surface area (Å²) in [6, 6.07) is 8.62. The van der Waals surface area contributed by atoms with E-state index in [0.29, 0.717) is 12.5 Å². The zero-order valence-corrected chi connectivity index (χ0v) is 12.7. The number of fused-ring (bicyclic) bond motifs is 1. The molecule has 0 aliphatic carbocycles. The number of amides is 1. The first-order chi connectivity index (χ1) is 9.47. The Hall–Kier alpha value is -1.35. The van der Waals surface area contributed by atoms with Gasteiger partial charge in [-0.3, -0.25) is 9.69 Å². The molecular formula is C17H24N2O. The molecular weight excluding hydrogens is 248 g/mol. The van der Waals surface area contributed by atoms with E-state index >= 15 is 0 Å². The van der Waals surface area contributed by atoms with Gasteiger partial charge in [-0.25, -0.2) is 0 Å². The SMILES string of the molecule is CC(C)(C)N1CCC(N2C(=O)Cc3ccccc32)CC1. The second-order valence-corrected chi connectivity index (χ2v) is 6.96. The van der Waals surface area contributed by atoms with Crippen molar-refractivity contribution in [3.63, 3.8) is 0 Å². The Kier molecular flexibility index (Phi) is 3.33. The van der Waals surface area contributed by atoms with Gasteiger partial charge in [0.05, 0.1) is 6.42 Å². The van der Waals surface area contributed by atoms with Crippen molar-refractivity contribution in [1.82, 2.24) is 4.90 Å². The van der Waals surface area contributed by atoms with Crippen molar-refractivity contribution in [1.29, 1.82) is 0 Å². The number of nitrogens with zero attached hydrogens (tertiary/aromatic N) is 2. The quantitative estimate of drug-likeness (QED) is 0.785. The molecule has 2 aliphatic heterocycles. The zero-order chi connectivity index (χ0) is 14.3. The van der Waals surface area contributed by atoms with Crippen molar-refractivity contribution < 1.29 is 4.79 Å². The van der Waals surface area contributed by atoms with Crippen LogP contribution in [0.5, 0.6) is 0 Å². The van der Waals surface area contributed by atoms with Crippen molar-refractivity contribution in [2.24, 2.45) is 0 Å². The second kappa shape index (κ2) is 4.88. The number of piperidine rings is 1. The zero-order valence-electron chi connectivity index (χ0n) is 12.7. The smallest absolute Gasteiger partial charge is 0.231 e. The molecule has 108 valence electrons. The Labute approximate surface area is 121 Å². The summed E-state index contributed by atoms with van der Waals surface area (Å²) in [5.74, 6) is 0.278. The molecule has 3 nitrogen and oxygen atoms in total. The average molecular weight is 272 g/mol. The molecule has 3 rings (SSSR count). The minimum Gasteiger partial charge on any atom is -0.309 e. The summed E-state index contributed by atoms with van der Waals surface area (Å²) < 4.78 is 0. The van der Waals surface area contributed by atoms with E-state index in [1.54, 1.807) is 0 Å². The molecule has 0 bridgehead atoms. The lowest BCUT2D eigenvalue weighted by atomic mass is 9.97. The largest absolute Gasteiger partial charge is 0.309 e. The summed E-state index contributed by atoms with van der Waals surface area (Å²) in [5, 5.41) is 0. The van der Waals surface area contributed by atoms with Gasteiger partial charge in [0.25, 0.3) is 0 Å². The van der Waals surface area contributed by atoms with Gasteiger partial charge in [0.2, 0.25) is 5.91 Å². The minimum atomic E-state index is 0.234. The van der Waals surface area contributed by atoms with Gasteiger partial charge in [-0.05, 0) is 45.2 Å². The molecule has 1 fully saturated rings. The summed E-state index contributed by atoms with van der Waals surface area (Å²) in [7, 11) is 0. The van der Waals surface area contributed by atoms with Crippen LogP contribution in [0.1, 0.15) is 39.2 Å². The molecule has 0 unspecified atom stereocenters. The Morgan fingerprint density at radius 2 is 1.75 bits per heavy atom. The van der Waals surface area contributed by atoms with Gasteiger partial charge in [0.15, 0.2) is 0 Å². The van der Waals surface area contributed by atoms with Crippen molar-refractivity contribution in [2.75, 3.05) is 18.0 Å². The van der Waals surface area contributed by atoms with Gasteiger partial charge in [-0.15, -0.1) is 0 Å². The maximum Gasteiger partial charge on any atom is 0.231 e. The number of hydrogen-bond donors (Lipinski definition) is 0. The van der Waals surface area contributed by atoms with Crippen LogP contribution in [0.25, 0.3) is 0 Å². The van der Waals surface area contributed by atoms with Gasteiger partial charge < -0.3 is 4.90 Å². The third-order valence-corrected chi connectivity index (χ3v) is 4.64. The van der Waals surface area contributed by atoms with Gasteiger partial charge in [0, 0.05) is 30.4 Å². The molecule has 0 radical (unpaired) electrons. The molecule has 20 heavy (non-hydrogen) atoms. The van der Waals surface area contributed by atoms with Gasteiger partial charge >= 0.3 is 0 Å². The first-order valence-corrected chi connectivity index (χ1v) is 7.62. The van der Waals surface area contributed by atoms with E-state index in [1.165, 1.54) is 5.56 Å². The van der Waals surface area contributed by atoms with Crippen LogP contribution in [0.2, 0.25) is 0 Å². The molecule has 3 heteroatoms. The van der Waals surface area contributed by atoms with Crippen LogP contribution < -0.4 is 4.90 Å². The standard InChI is InChI=1S/C17H24N2O/c1-17(2,3)18-10-8-14(9-11-18)19-15-7-5-4-6-13(15)12-16(19)20/h4-7,14H,8-12H2,1-3H3. The van der Waals surface area contributed by atoms with Gasteiger partial charge in [0.1, 0.15) is 0 Å². The van der Waals surface area contributed by atoms with E-state index < -0.39 is 0 Å². The normalized spacial score (nSPS) is 21.4. The van der Waals surface area contributed by atoms with Crippen LogP contribution >= 0.6 is 0 Å². The molecule has 2 aliphatic rings. The maximum absolute atomic E-state index is 12.3. The molecule has 1 aromatic carbocycles. The summed E-state index contributed by atoms with van der Waals surface area (Å²) in [6.07, 6.45) is 2.74. The third kappa shape index (κ3) is 2.35. The maximum atomic E-state index is 12.3. The van der Waals surface area contributed by atoms with E-state index in [9.17, 15) is 4.79 Å². The Morgan fingerprint density at radius 1 is 1.10 bits per heavy atom. The Morgan fingerprint density at radius 3 is 2.40 bits per heavy atom. The van der Waals surface area contributed by atoms with Crippen molar-refractivity contribution in [2.45, 2.75) is 51.6 Å². The predicted molar refractivity (Wildman–Crippen MR) is 82.0 cm³/mol. The van der Waals surface area contributed by atoms with E-state index in [2.05, 4.69) is 42.7 Å². The van der Waals surface area contributed by atoms with E-state index in [1.807, 2.05) is 12.1 Å². The number of rotatable bonds is 1. The van der Waals surface area contributed by atoms with Crippen LogP contribution in [-0.2, 0) is 11.2 Å². The number of carbonyl (C=O) groups is 1. The van der Waals surface area contributed by atoms with E-state index in [0.717, 1.165) is 31.6 Å². The van der Waals surface area contributed by atoms with E-state index in [-0.39, 0.29) is 11.4 Å². The third-order valence-electron chi connectivity index (χ3n) is 4.64. The minimum absolute atomic E-state index is 0.234. The summed E-state index contributed by atoms with van der Waals surface area (Å²) >= 11 is 0. The number of hydrogen-bond acceptors (Lipinski definition) is 2. The molecule has 0 N–H and O–H groups in total. The fourth-order valence-corrected chi connectivity index (χ4v) is 3.47. The van der Waals surface area contributed by atoms with Crippen molar-refractivity contribution >= 4 is 11.6 Å². The lowest BCUT2D eigenvalue weighted by Crippen LogP contribution is -2.51. The number of carbonyl (C=O) groups excluding carboxylic acids is 1. The fourth-order valence-electron chi connectivity index (χ4n) is 3.47. The predicted octanol–water partition coefficient (Wildman–Crippen LogP) is 2.84. The van der Waals surface area contributed by atoms with Crippen molar-refractivity contribution in [3.8, 4) is 0 Å². The second-order valence-electron chi connectivity index (χ2n) is 6.96. The highest BCUT2D eigenvalue weighted by atomic mass is 16.2. The Balaban J connectivity index is 1.74. The highest BCUT2D eigenvalue weighted by Gasteiger charge is 2.36. The van der Waals surface area contributed by atoms with E-state index in [4.69, 9.17) is 0 Å². The highest BCUT2D eigenvalue weighted by Crippen LogP contribution is 2.34. The first-order valence-electron chi connectivity index (χ1n) is 7.62. The number of benzene rings is 1. The fraction of sp³-hybridized carbons (Fsp3) is 0.588. The molecule has 0 spiro atoms. The summed E-state index contributed by atoms with van der Waals surface area (Å²) in [4.78, 5) is 16.9. The molecule has 0 aromatic heterocycles. The number of para-hydroxylation sites is 1. The topological polar surface area (TPSA) is 23.6 Å². The first kappa shape index (κ1) is 13.6. The average Bonchev–Trinajstić information content (AvgIpc) is 2.73. The lowest BCUT2D eigenvalue weighted by molar-refractivity contribution is -0.118. The van der Waals surface area contributed by atoms with Crippen LogP contribution in [0.3, 0.4) is 0 Å². The van der Waals surface area contributed by atoms with Crippen LogP contribution in [0.15, 0.2) is 24.3 Å². The summed E-state index contributed by atoms with van der Waals surface area (Å²) in [6.45, 7) is 8.97. The van der Waals surface area contributed by atoms with Gasteiger partial charge in [-0.1, -0.05) is 18.2 Å². The number of likely N-dealkylation sites (tertiary alicyclic amines) is 1. The molecule has 2 heterocycles. The molecule has 1 aromatic rings. The molecule has 1 saturated heterocycles. The molecule has 0 atom stereocenters. The Bertz CT molecular complexity index is 510. The van der Waals surface area contributed by atoms with Crippen LogP contribution in [0.4, 0.5) is 5.69 Å². The summed E-state index contributed by atoms with van der Waals surface area (Å²) in [5.41, 5.74) is 2.57. The van der Waals surface area contributed by atoms with Crippen LogP contribution in [0, 0.1) is 0 Å². The van der Waals surface area contributed by atoms with Crippen LogP contribution in [-0.4, -0.2) is 35.5 Å². The van der Waals surface area contributed by atoms with Gasteiger partial charge in [-0.2, -0.15) is 0 Å². The van der Waals surface area contributed by atoms with Crippen molar-refractivity contribution in [3.05, 3.63) is 29.8 Å². The lowest BCUT2D eigenvalue weighted by Gasteiger charge is -2.43.